The predicted molar refractivity (Wildman–Crippen MR) is 215 cm³/mol. The van der Waals surface area contributed by atoms with Gasteiger partial charge in [-0.2, -0.15) is 0 Å². The van der Waals surface area contributed by atoms with Crippen LogP contribution in [0.4, 0.5) is 0 Å². The standard InChI is InChI=1S/C44H81NO7/c1-6-8-10-12-14-16-18-20-21-23-25-27-29-31-33-35-43(47)52-40(38-50-37-36-41(44(48)49)45(3,4)5)39-51-42(46)34-32-30-28-26-24-22-19-17-15-13-11-9-7-2/h16,18,22,24,40-41H,6-15,17,19-21,23,25-39H2,1-5H3/p+1/b18-16+,24-22+. The predicted octanol–water partition coefficient (Wildman–Crippen LogP) is 11.3. The molecular weight excluding hydrogens is 654 g/mol. The zero-order valence-corrected chi connectivity index (χ0v) is 34.5. The minimum atomic E-state index is -0.877. The van der Waals surface area contributed by atoms with Crippen molar-refractivity contribution >= 4 is 17.9 Å². The van der Waals surface area contributed by atoms with Gasteiger partial charge in [0.05, 0.1) is 34.4 Å². The number of carboxylic acid groups (broad SMARTS) is 1. The third-order valence-corrected chi connectivity index (χ3v) is 9.57. The molecule has 8 heteroatoms. The molecule has 2 unspecified atom stereocenters. The molecule has 0 saturated carbocycles. The van der Waals surface area contributed by atoms with E-state index in [4.69, 9.17) is 14.2 Å². The molecule has 0 saturated heterocycles. The monoisotopic (exact) mass is 737 g/mol. The van der Waals surface area contributed by atoms with E-state index in [1.807, 2.05) is 21.1 Å². The van der Waals surface area contributed by atoms with Gasteiger partial charge in [0.15, 0.2) is 12.1 Å². The minimum absolute atomic E-state index is 0.0572. The van der Waals surface area contributed by atoms with E-state index in [0.717, 1.165) is 51.4 Å². The van der Waals surface area contributed by atoms with Crippen molar-refractivity contribution in [1.29, 1.82) is 0 Å². The third kappa shape index (κ3) is 33.6. The molecule has 0 fully saturated rings. The van der Waals surface area contributed by atoms with Gasteiger partial charge >= 0.3 is 17.9 Å². The summed E-state index contributed by atoms with van der Waals surface area (Å²) in [5.41, 5.74) is 0. The zero-order chi connectivity index (χ0) is 38.5. The normalized spacial score (nSPS) is 13.2. The number of carboxylic acids is 1. The average molecular weight is 737 g/mol. The highest BCUT2D eigenvalue weighted by atomic mass is 16.6. The molecule has 0 amide bonds. The first-order chi connectivity index (χ1) is 25.1. The van der Waals surface area contributed by atoms with Gasteiger partial charge in [0.2, 0.25) is 0 Å². The van der Waals surface area contributed by atoms with Crippen LogP contribution in [0.3, 0.4) is 0 Å². The van der Waals surface area contributed by atoms with Gasteiger partial charge in [-0.15, -0.1) is 0 Å². The molecular formula is C44H82NO7+. The van der Waals surface area contributed by atoms with E-state index in [1.165, 1.54) is 103 Å². The van der Waals surface area contributed by atoms with E-state index in [0.29, 0.717) is 19.3 Å². The van der Waals surface area contributed by atoms with Crippen molar-refractivity contribution in [3.63, 3.8) is 0 Å². The summed E-state index contributed by atoms with van der Waals surface area (Å²) in [4.78, 5) is 36.9. The maximum atomic E-state index is 12.7. The second-order valence-electron chi connectivity index (χ2n) is 15.6. The molecule has 0 aromatic heterocycles. The Morgan fingerprint density at radius 2 is 0.962 bits per heavy atom. The van der Waals surface area contributed by atoms with Crippen LogP contribution in [-0.2, 0) is 28.6 Å². The van der Waals surface area contributed by atoms with E-state index in [9.17, 15) is 19.5 Å². The van der Waals surface area contributed by atoms with Gasteiger partial charge in [-0.1, -0.05) is 128 Å². The minimum Gasteiger partial charge on any atom is -0.477 e. The van der Waals surface area contributed by atoms with E-state index >= 15 is 0 Å². The van der Waals surface area contributed by atoms with Crippen molar-refractivity contribution in [2.45, 2.75) is 199 Å². The van der Waals surface area contributed by atoms with Gasteiger partial charge in [0.25, 0.3) is 0 Å². The summed E-state index contributed by atoms with van der Waals surface area (Å²) in [6, 6.07) is -0.614. The van der Waals surface area contributed by atoms with Crippen molar-refractivity contribution in [2.75, 3.05) is 41.0 Å². The molecule has 0 spiro atoms. The van der Waals surface area contributed by atoms with Crippen LogP contribution in [0.1, 0.15) is 187 Å². The SMILES string of the molecule is CCCCCC/C=C/CCCCCCCCCC(=O)OC(COCCC(C(=O)O)[N+](C)(C)C)COC(=O)CCCCC/C=C/CCCCCCCC. The van der Waals surface area contributed by atoms with Crippen LogP contribution in [0, 0.1) is 0 Å². The fraction of sp³-hybridized carbons (Fsp3) is 0.841. The van der Waals surface area contributed by atoms with Crippen molar-refractivity contribution in [2.24, 2.45) is 0 Å². The van der Waals surface area contributed by atoms with Gasteiger partial charge < -0.3 is 23.8 Å². The van der Waals surface area contributed by atoms with E-state index in [2.05, 4.69) is 38.2 Å². The van der Waals surface area contributed by atoms with Crippen LogP contribution in [0.25, 0.3) is 0 Å². The number of allylic oxidation sites excluding steroid dienone is 4. The number of likely N-dealkylation sites (N-methyl/N-ethyl adjacent to an activating group) is 1. The number of ether oxygens (including phenoxy) is 3. The Labute approximate surface area is 320 Å². The first-order valence-corrected chi connectivity index (χ1v) is 21.4. The third-order valence-electron chi connectivity index (χ3n) is 9.57. The molecule has 0 aliphatic rings. The van der Waals surface area contributed by atoms with E-state index in [1.54, 1.807) is 0 Å². The van der Waals surface area contributed by atoms with E-state index in [-0.39, 0.29) is 36.2 Å². The fourth-order valence-electron chi connectivity index (χ4n) is 6.20. The van der Waals surface area contributed by atoms with Gasteiger partial charge in [0.1, 0.15) is 6.61 Å². The number of nitrogens with zero attached hydrogens (tertiary/aromatic N) is 1. The first-order valence-electron chi connectivity index (χ1n) is 21.4. The molecule has 1 N–H and O–H groups in total. The molecule has 2 atom stereocenters. The van der Waals surface area contributed by atoms with Crippen molar-refractivity contribution in [3.05, 3.63) is 24.3 Å². The molecule has 0 aliphatic carbocycles. The molecule has 0 radical (unpaired) electrons. The molecule has 0 aliphatic heterocycles. The first kappa shape index (κ1) is 49.8. The fourth-order valence-corrected chi connectivity index (χ4v) is 6.20. The second kappa shape index (κ2) is 35.8. The lowest BCUT2D eigenvalue weighted by Gasteiger charge is -2.31. The van der Waals surface area contributed by atoms with Crippen LogP contribution in [0.15, 0.2) is 24.3 Å². The zero-order valence-electron chi connectivity index (χ0n) is 34.5. The van der Waals surface area contributed by atoms with E-state index < -0.39 is 18.1 Å². The summed E-state index contributed by atoms with van der Waals surface area (Å²) >= 11 is 0. The van der Waals surface area contributed by atoms with Crippen LogP contribution in [-0.4, -0.2) is 80.6 Å². The largest absolute Gasteiger partial charge is 0.477 e. The van der Waals surface area contributed by atoms with Gasteiger partial charge in [-0.05, 0) is 64.2 Å². The number of hydrogen-bond donors (Lipinski definition) is 1. The molecule has 52 heavy (non-hydrogen) atoms. The molecule has 0 aromatic rings. The summed E-state index contributed by atoms with van der Waals surface area (Å²) < 4.78 is 17.2. The highest BCUT2D eigenvalue weighted by Gasteiger charge is 2.31. The van der Waals surface area contributed by atoms with Gasteiger partial charge in [-0.3, -0.25) is 9.59 Å². The van der Waals surface area contributed by atoms with Crippen molar-refractivity contribution in [3.8, 4) is 0 Å². The van der Waals surface area contributed by atoms with Gasteiger partial charge in [0, 0.05) is 19.3 Å². The lowest BCUT2D eigenvalue weighted by Crippen LogP contribution is -2.50. The quantitative estimate of drug-likeness (QED) is 0.0291. The number of quaternary nitrogens is 1. The smallest absolute Gasteiger partial charge is 0.362 e. The Morgan fingerprint density at radius 3 is 1.42 bits per heavy atom. The molecule has 8 nitrogen and oxygen atoms in total. The van der Waals surface area contributed by atoms with Crippen LogP contribution >= 0.6 is 0 Å². The Bertz CT molecular complexity index is 911. The summed E-state index contributed by atoms with van der Waals surface area (Å²) in [6.07, 6.45) is 37.8. The number of esters is 2. The molecule has 0 rings (SSSR count). The lowest BCUT2D eigenvalue weighted by molar-refractivity contribution is -0.887. The Hall–Kier alpha value is -2.19. The number of unbranched alkanes of at least 4 members (excludes halogenated alkanes) is 20. The average Bonchev–Trinajstić information content (AvgIpc) is 3.09. The number of aliphatic carboxylic acids is 1. The Morgan fingerprint density at radius 1 is 0.558 bits per heavy atom. The van der Waals surface area contributed by atoms with Crippen LogP contribution in [0.5, 0.6) is 0 Å². The molecule has 0 heterocycles. The highest BCUT2D eigenvalue weighted by molar-refractivity contribution is 5.72. The Balaban J connectivity index is 4.39. The summed E-state index contributed by atoms with van der Waals surface area (Å²) in [5, 5.41) is 9.60. The number of hydrogen-bond acceptors (Lipinski definition) is 6. The van der Waals surface area contributed by atoms with Crippen molar-refractivity contribution in [1.82, 2.24) is 0 Å². The maximum absolute atomic E-state index is 12.7. The summed E-state index contributed by atoms with van der Waals surface area (Å²) in [5.74, 6) is -1.49. The maximum Gasteiger partial charge on any atom is 0.362 e. The number of rotatable bonds is 38. The molecule has 0 aromatic carbocycles. The topological polar surface area (TPSA) is 99.1 Å². The number of carbonyl (C=O) groups excluding carboxylic acids is 2. The second-order valence-corrected chi connectivity index (χ2v) is 15.6. The van der Waals surface area contributed by atoms with Gasteiger partial charge in [-0.25, -0.2) is 4.79 Å². The molecule has 304 valence electrons. The summed E-state index contributed by atoms with van der Waals surface area (Å²) in [6.45, 7) is 4.70. The highest BCUT2D eigenvalue weighted by Crippen LogP contribution is 2.14. The summed E-state index contributed by atoms with van der Waals surface area (Å²) in [7, 11) is 5.52. The Kier molecular flexibility index (Phi) is 34.3. The van der Waals surface area contributed by atoms with Crippen LogP contribution in [0.2, 0.25) is 0 Å². The molecule has 0 bridgehead atoms. The van der Waals surface area contributed by atoms with Crippen molar-refractivity contribution < 1.29 is 38.2 Å². The number of carbonyl (C=O) groups is 3. The van der Waals surface area contributed by atoms with Crippen LogP contribution < -0.4 is 0 Å². The lowest BCUT2D eigenvalue weighted by atomic mass is 10.1.